The third-order valence-electron chi connectivity index (χ3n) is 4.59. The van der Waals surface area contributed by atoms with E-state index in [0.717, 1.165) is 18.3 Å². The molecule has 0 heterocycles. The second-order valence-electron chi connectivity index (χ2n) is 6.63. The van der Waals surface area contributed by atoms with Gasteiger partial charge in [-0.25, -0.2) is 0 Å². The number of hydrogen-bond acceptors (Lipinski definition) is 3. The molecule has 31 heavy (non-hydrogen) atoms. The Balaban J connectivity index is 1.69. The number of hydrogen-bond donors (Lipinski definition) is 0. The van der Waals surface area contributed by atoms with Gasteiger partial charge in [0, 0.05) is 18.3 Å². The van der Waals surface area contributed by atoms with E-state index in [9.17, 15) is 8.42 Å². The summed E-state index contributed by atoms with van der Waals surface area (Å²) in [7, 11) is 1.40. The number of halogens is 2. The van der Waals surface area contributed by atoms with Crippen molar-refractivity contribution in [1.29, 1.82) is 0 Å². The molecular formula is C24H18ClIO3S2. The van der Waals surface area contributed by atoms with Crippen LogP contribution in [-0.4, -0.2) is 8.42 Å². The summed E-state index contributed by atoms with van der Waals surface area (Å²) in [5, 5.41) is 0. The first kappa shape index (κ1) is 22.2. The molecule has 0 fully saturated rings. The van der Waals surface area contributed by atoms with Gasteiger partial charge in [-0.2, -0.15) is 8.42 Å². The fourth-order valence-corrected chi connectivity index (χ4v) is 7.69. The Labute approximate surface area is 202 Å². The summed E-state index contributed by atoms with van der Waals surface area (Å²) < 4.78 is 31.5. The van der Waals surface area contributed by atoms with E-state index in [2.05, 4.69) is 22.6 Å². The van der Waals surface area contributed by atoms with E-state index in [0.29, 0.717) is 0 Å². The molecule has 0 saturated carbocycles. The number of rotatable bonds is 6. The van der Waals surface area contributed by atoms with Gasteiger partial charge in [0.05, 0.1) is 0 Å². The molecule has 158 valence electrons. The maximum atomic E-state index is 12.6. The highest BCUT2D eigenvalue weighted by atomic mass is 127. The second-order valence-corrected chi connectivity index (χ2v) is 13.3. The predicted octanol–water partition coefficient (Wildman–Crippen LogP) is 7.49. The Morgan fingerprint density at radius 2 is 1.00 bits per heavy atom. The molecular weight excluding hydrogens is 563 g/mol. The Hall–Kier alpha value is -2.00. The Bertz CT molecular complexity index is 1220. The topological polar surface area (TPSA) is 43.4 Å². The van der Waals surface area contributed by atoms with E-state index in [4.69, 9.17) is 14.9 Å². The van der Waals surface area contributed by atoms with Crippen LogP contribution in [0.15, 0.2) is 129 Å². The summed E-state index contributed by atoms with van der Waals surface area (Å²) in [6.45, 7) is 0. The van der Waals surface area contributed by atoms with Gasteiger partial charge in [0.15, 0.2) is 0 Å². The molecule has 0 aliphatic heterocycles. The first-order valence-electron chi connectivity index (χ1n) is 9.33. The van der Waals surface area contributed by atoms with Crippen molar-refractivity contribution < 1.29 is 12.6 Å². The molecule has 0 N–H and O–H groups in total. The molecule has 0 radical (unpaired) electrons. The molecule has 4 rings (SSSR count). The van der Waals surface area contributed by atoms with E-state index < -0.39 is 19.4 Å². The van der Waals surface area contributed by atoms with Crippen LogP contribution in [0.2, 0.25) is 0 Å². The monoisotopic (exact) mass is 580 g/mol. The predicted molar refractivity (Wildman–Crippen MR) is 135 cm³/mol. The smallest absolute Gasteiger partial charge is 0.339 e. The minimum Gasteiger partial charge on any atom is -0.379 e. The van der Waals surface area contributed by atoms with E-state index in [-0.39, 0.29) is 10.6 Å². The summed E-state index contributed by atoms with van der Waals surface area (Å²) in [5.74, 6) is 0.238. The molecule has 0 amide bonds. The fraction of sp³-hybridized carbons (Fsp3) is 0. The first-order valence-corrected chi connectivity index (χ1v) is 14.3. The average molecular weight is 581 g/mol. The first-order chi connectivity index (χ1) is 14.9. The van der Waals surface area contributed by atoms with Crippen LogP contribution < -0.4 is 4.18 Å². The Kier molecular flexibility index (Phi) is 6.62. The molecule has 0 spiro atoms. The van der Waals surface area contributed by atoms with Crippen LogP contribution in [0.5, 0.6) is 5.75 Å². The zero-order chi connectivity index (χ0) is 21.9. The lowest BCUT2D eigenvalue weighted by atomic mass is 10.3. The fourth-order valence-electron chi connectivity index (χ4n) is 3.08. The number of benzene rings is 4. The van der Waals surface area contributed by atoms with Gasteiger partial charge in [-0.15, -0.1) is 0 Å². The zero-order valence-electron chi connectivity index (χ0n) is 16.2. The Morgan fingerprint density at radius 1 is 0.581 bits per heavy atom. The quantitative estimate of drug-likeness (QED) is 0.175. The molecule has 0 saturated heterocycles. The molecule has 0 aliphatic rings. The lowest BCUT2D eigenvalue weighted by molar-refractivity contribution is 0.486. The van der Waals surface area contributed by atoms with Crippen molar-refractivity contribution in [1.82, 2.24) is 0 Å². The minimum atomic E-state index is -3.91. The normalized spacial score (nSPS) is 12.3. The summed E-state index contributed by atoms with van der Waals surface area (Å²) in [4.78, 5) is 3.01. The second kappa shape index (κ2) is 9.24. The van der Waals surface area contributed by atoms with Gasteiger partial charge < -0.3 is 4.18 Å². The van der Waals surface area contributed by atoms with Crippen LogP contribution >= 0.6 is 42.5 Å². The maximum absolute atomic E-state index is 12.6. The third-order valence-corrected chi connectivity index (χ3v) is 10.9. The molecule has 0 bridgehead atoms. The molecule has 4 aromatic carbocycles. The molecule has 7 heteroatoms. The molecule has 0 aromatic heterocycles. The van der Waals surface area contributed by atoms with Crippen molar-refractivity contribution in [2.75, 3.05) is 0 Å². The van der Waals surface area contributed by atoms with Crippen LogP contribution in [0.4, 0.5) is 0 Å². The molecule has 0 aliphatic carbocycles. The van der Waals surface area contributed by atoms with Gasteiger partial charge in [-0.05, 0) is 95.4 Å². The van der Waals surface area contributed by atoms with Crippen molar-refractivity contribution in [2.45, 2.75) is 19.6 Å². The van der Waals surface area contributed by atoms with Crippen LogP contribution in [0, 0.1) is 3.57 Å². The highest BCUT2D eigenvalue weighted by molar-refractivity contribution is 14.1. The van der Waals surface area contributed by atoms with Gasteiger partial charge in [0.25, 0.3) is 0 Å². The van der Waals surface area contributed by atoms with E-state index >= 15 is 0 Å². The van der Waals surface area contributed by atoms with Crippen LogP contribution in [0.25, 0.3) is 0 Å². The summed E-state index contributed by atoms with van der Waals surface area (Å²) in [6, 6.07) is 33.3. The summed E-state index contributed by atoms with van der Waals surface area (Å²) in [5.41, 5.74) is 0. The van der Waals surface area contributed by atoms with Crippen LogP contribution in [0.3, 0.4) is 0 Å². The van der Waals surface area contributed by atoms with Crippen molar-refractivity contribution in [3.05, 3.63) is 113 Å². The summed E-state index contributed by atoms with van der Waals surface area (Å²) >= 11 is 2.12. The van der Waals surface area contributed by atoms with Gasteiger partial charge >= 0.3 is 10.1 Å². The van der Waals surface area contributed by atoms with Crippen molar-refractivity contribution in [2.24, 2.45) is 0 Å². The van der Waals surface area contributed by atoms with Gasteiger partial charge in [0.1, 0.15) is 10.6 Å². The van der Waals surface area contributed by atoms with Crippen molar-refractivity contribution in [3.8, 4) is 5.75 Å². The Morgan fingerprint density at radius 3 is 1.48 bits per heavy atom. The maximum Gasteiger partial charge on any atom is 0.339 e. The zero-order valence-corrected chi connectivity index (χ0v) is 20.7. The third kappa shape index (κ3) is 4.77. The SMILES string of the molecule is O=S(=O)(Oc1ccc(S(Cl)(c2ccccc2)c2ccccc2)cc1)c1ccc(I)cc1. The molecule has 0 unspecified atom stereocenters. The van der Waals surface area contributed by atoms with Crippen LogP contribution in [0.1, 0.15) is 0 Å². The lowest BCUT2D eigenvalue weighted by Gasteiger charge is -2.34. The van der Waals surface area contributed by atoms with Crippen molar-refractivity contribution >= 4 is 52.6 Å². The lowest BCUT2D eigenvalue weighted by Crippen LogP contribution is -2.09. The van der Waals surface area contributed by atoms with Gasteiger partial charge in [-0.1, -0.05) is 56.3 Å². The van der Waals surface area contributed by atoms with E-state index in [1.807, 2.05) is 72.8 Å². The molecule has 3 nitrogen and oxygen atoms in total. The standard InChI is InChI=1S/C24H18ClIO3S2/c25-30(21-7-3-1-4-8-21,22-9-5-2-6-10-22)23-17-13-20(14-18-23)29-31(27,28)24-15-11-19(26)12-16-24/h1-18H. The molecule has 0 atom stereocenters. The average Bonchev–Trinajstić information content (AvgIpc) is 2.80. The highest BCUT2D eigenvalue weighted by Gasteiger charge is 2.28. The largest absolute Gasteiger partial charge is 0.379 e. The summed E-state index contributed by atoms with van der Waals surface area (Å²) in [6.07, 6.45) is 0. The molecule has 4 aromatic rings. The van der Waals surface area contributed by atoms with Crippen LogP contribution in [-0.2, 0) is 10.1 Å². The van der Waals surface area contributed by atoms with Crippen molar-refractivity contribution in [3.63, 3.8) is 0 Å². The van der Waals surface area contributed by atoms with E-state index in [1.54, 1.807) is 24.3 Å². The van der Waals surface area contributed by atoms with E-state index in [1.165, 1.54) is 12.1 Å². The van der Waals surface area contributed by atoms with Gasteiger partial charge in [-0.3, -0.25) is 0 Å². The minimum absolute atomic E-state index is 0.114. The van der Waals surface area contributed by atoms with Gasteiger partial charge in [0.2, 0.25) is 0 Å². The highest BCUT2D eigenvalue weighted by Crippen LogP contribution is 2.72.